The molecule has 7 heteroatoms. The predicted octanol–water partition coefficient (Wildman–Crippen LogP) is 0.943. The lowest BCUT2D eigenvalue weighted by Gasteiger charge is -2.32. The van der Waals surface area contributed by atoms with Gasteiger partial charge in [-0.05, 0) is 23.8 Å². The Morgan fingerprint density at radius 1 is 1.14 bits per heavy atom. The number of nitrogens with zero attached hydrogens (tertiary/aromatic N) is 2. The van der Waals surface area contributed by atoms with E-state index in [1.165, 1.54) is 28.8 Å². The van der Waals surface area contributed by atoms with Crippen LogP contribution in [-0.2, 0) is 14.8 Å². The molecular formula is C14H17FN2O3S. The van der Waals surface area contributed by atoms with Gasteiger partial charge >= 0.3 is 0 Å². The Morgan fingerprint density at radius 2 is 1.71 bits per heavy atom. The molecule has 21 heavy (non-hydrogen) atoms. The Labute approximate surface area is 123 Å². The fourth-order valence-corrected chi connectivity index (χ4v) is 2.91. The van der Waals surface area contributed by atoms with E-state index in [2.05, 4.69) is 0 Å². The van der Waals surface area contributed by atoms with Crippen molar-refractivity contribution in [3.63, 3.8) is 0 Å². The molecular weight excluding hydrogens is 295 g/mol. The summed E-state index contributed by atoms with van der Waals surface area (Å²) in [5, 5.41) is 0. The van der Waals surface area contributed by atoms with Crippen molar-refractivity contribution < 1.29 is 17.6 Å². The minimum atomic E-state index is -3.19. The van der Waals surface area contributed by atoms with Gasteiger partial charge in [0.15, 0.2) is 0 Å². The SMILES string of the molecule is CS(=O)(=O)N1CCN(C(=O)/C=C/c2ccc(F)cc2)CC1. The molecule has 1 aliphatic rings. The zero-order valence-corrected chi connectivity index (χ0v) is 12.5. The summed E-state index contributed by atoms with van der Waals surface area (Å²) in [6, 6.07) is 5.82. The van der Waals surface area contributed by atoms with Crippen LogP contribution in [0.25, 0.3) is 6.08 Å². The van der Waals surface area contributed by atoms with Crippen molar-refractivity contribution in [2.45, 2.75) is 0 Å². The summed E-state index contributed by atoms with van der Waals surface area (Å²) < 4.78 is 36.9. The Morgan fingerprint density at radius 3 is 2.24 bits per heavy atom. The number of benzene rings is 1. The zero-order valence-electron chi connectivity index (χ0n) is 11.7. The predicted molar refractivity (Wildman–Crippen MR) is 78.4 cm³/mol. The van der Waals surface area contributed by atoms with Crippen LogP contribution in [0, 0.1) is 5.82 Å². The summed E-state index contributed by atoms with van der Waals surface area (Å²) in [5.74, 6) is -0.497. The number of amides is 1. The van der Waals surface area contributed by atoms with Gasteiger partial charge in [0.25, 0.3) is 0 Å². The van der Waals surface area contributed by atoms with Gasteiger partial charge in [0, 0.05) is 32.3 Å². The highest BCUT2D eigenvalue weighted by Gasteiger charge is 2.24. The standard InChI is InChI=1S/C14H17FN2O3S/c1-21(19,20)17-10-8-16(9-11-17)14(18)7-4-12-2-5-13(15)6-3-12/h2-7H,8-11H2,1H3/b7-4+. The van der Waals surface area contributed by atoms with Crippen LogP contribution in [-0.4, -0.2) is 56.0 Å². The molecule has 1 aromatic carbocycles. The van der Waals surface area contributed by atoms with E-state index in [0.29, 0.717) is 26.2 Å². The lowest BCUT2D eigenvalue weighted by molar-refractivity contribution is -0.127. The maximum atomic E-state index is 12.8. The monoisotopic (exact) mass is 312 g/mol. The van der Waals surface area contributed by atoms with Crippen LogP contribution < -0.4 is 0 Å². The van der Waals surface area contributed by atoms with Crippen molar-refractivity contribution in [3.05, 3.63) is 41.7 Å². The van der Waals surface area contributed by atoms with Crippen LogP contribution >= 0.6 is 0 Å². The van der Waals surface area contributed by atoms with Gasteiger partial charge in [-0.3, -0.25) is 4.79 Å². The van der Waals surface area contributed by atoms with Gasteiger partial charge < -0.3 is 4.90 Å². The number of hydrogen-bond donors (Lipinski definition) is 0. The van der Waals surface area contributed by atoms with Gasteiger partial charge in [-0.1, -0.05) is 12.1 Å². The quantitative estimate of drug-likeness (QED) is 0.781. The van der Waals surface area contributed by atoms with Crippen LogP contribution in [0.2, 0.25) is 0 Å². The number of hydrogen-bond acceptors (Lipinski definition) is 3. The average Bonchev–Trinajstić information content (AvgIpc) is 2.45. The maximum absolute atomic E-state index is 12.8. The number of carbonyl (C=O) groups is 1. The third-order valence-electron chi connectivity index (χ3n) is 3.31. The van der Waals surface area contributed by atoms with Crippen LogP contribution in [0.3, 0.4) is 0 Å². The number of sulfonamides is 1. The second-order valence-corrected chi connectivity index (χ2v) is 6.85. The minimum Gasteiger partial charge on any atom is -0.337 e. The highest BCUT2D eigenvalue weighted by atomic mass is 32.2. The summed E-state index contributed by atoms with van der Waals surface area (Å²) >= 11 is 0. The first kappa shape index (κ1) is 15.7. The smallest absolute Gasteiger partial charge is 0.246 e. The van der Waals surface area contributed by atoms with E-state index in [0.717, 1.165) is 5.56 Å². The fourth-order valence-electron chi connectivity index (χ4n) is 2.09. The van der Waals surface area contributed by atoms with E-state index in [1.54, 1.807) is 23.1 Å². The van der Waals surface area contributed by atoms with Crippen molar-refractivity contribution in [1.29, 1.82) is 0 Å². The Bertz CT molecular complexity index is 633. The van der Waals surface area contributed by atoms with Crippen molar-refractivity contribution in [1.82, 2.24) is 9.21 Å². The lowest BCUT2D eigenvalue weighted by Crippen LogP contribution is -2.49. The van der Waals surface area contributed by atoms with Crippen LogP contribution in [0.15, 0.2) is 30.3 Å². The molecule has 0 unspecified atom stereocenters. The van der Waals surface area contributed by atoms with Gasteiger partial charge in [-0.2, -0.15) is 4.31 Å². The van der Waals surface area contributed by atoms with Gasteiger partial charge in [-0.15, -0.1) is 0 Å². The second kappa shape index (κ2) is 6.36. The number of halogens is 1. The molecule has 5 nitrogen and oxygen atoms in total. The van der Waals surface area contributed by atoms with E-state index in [9.17, 15) is 17.6 Å². The highest BCUT2D eigenvalue weighted by Crippen LogP contribution is 2.08. The molecule has 0 spiro atoms. The molecule has 114 valence electrons. The first-order chi connectivity index (χ1) is 9.86. The molecule has 0 radical (unpaired) electrons. The third-order valence-corrected chi connectivity index (χ3v) is 4.61. The second-order valence-electron chi connectivity index (χ2n) is 4.87. The maximum Gasteiger partial charge on any atom is 0.246 e. The number of carbonyl (C=O) groups excluding carboxylic acids is 1. The largest absolute Gasteiger partial charge is 0.337 e. The molecule has 0 aromatic heterocycles. The topological polar surface area (TPSA) is 57.7 Å². The van der Waals surface area contributed by atoms with Gasteiger partial charge in [-0.25, -0.2) is 12.8 Å². The highest BCUT2D eigenvalue weighted by molar-refractivity contribution is 7.88. The molecule has 1 amide bonds. The summed E-state index contributed by atoms with van der Waals surface area (Å²) in [6.07, 6.45) is 4.20. The molecule has 1 heterocycles. The zero-order chi connectivity index (χ0) is 15.5. The molecule has 0 bridgehead atoms. The minimum absolute atomic E-state index is 0.174. The molecule has 1 aromatic rings. The summed E-state index contributed by atoms with van der Waals surface area (Å²) in [5.41, 5.74) is 0.736. The fraction of sp³-hybridized carbons (Fsp3) is 0.357. The number of rotatable bonds is 3. The molecule has 0 atom stereocenters. The first-order valence-corrected chi connectivity index (χ1v) is 8.39. The number of piperazine rings is 1. The third kappa shape index (κ3) is 4.37. The van der Waals surface area contributed by atoms with E-state index in [1.807, 2.05) is 0 Å². The van der Waals surface area contributed by atoms with E-state index in [-0.39, 0.29) is 11.7 Å². The molecule has 2 rings (SSSR count). The van der Waals surface area contributed by atoms with Crippen LogP contribution in [0.5, 0.6) is 0 Å². The van der Waals surface area contributed by atoms with Crippen molar-refractivity contribution in [3.8, 4) is 0 Å². The summed E-state index contributed by atoms with van der Waals surface area (Å²) in [4.78, 5) is 13.6. The lowest BCUT2D eigenvalue weighted by atomic mass is 10.2. The van der Waals surface area contributed by atoms with E-state index < -0.39 is 10.0 Å². The molecule has 0 N–H and O–H groups in total. The molecule has 1 fully saturated rings. The van der Waals surface area contributed by atoms with Crippen molar-refractivity contribution in [2.24, 2.45) is 0 Å². The summed E-state index contributed by atoms with van der Waals surface area (Å²) in [7, 11) is -3.19. The van der Waals surface area contributed by atoms with E-state index >= 15 is 0 Å². The molecule has 0 saturated carbocycles. The normalized spacial score (nSPS) is 17.3. The van der Waals surface area contributed by atoms with Gasteiger partial charge in [0.2, 0.25) is 15.9 Å². The van der Waals surface area contributed by atoms with E-state index in [4.69, 9.17) is 0 Å². The van der Waals surface area contributed by atoms with Gasteiger partial charge in [0.1, 0.15) is 5.82 Å². The van der Waals surface area contributed by atoms with Crippen molar-refractivity contribution >= 4 is 22.0 Å². The Hall–Kier alpha value is -1.73. The Balaban J connectivity index is 1.92. The van der Waals surface area contributed by atoms with Gasteiger partial charge in [0.05, 0.1) is 6.26 Å². The average molecular weight is 312 g/mol. The van der Waals surface area contributed by atoms with Crippen LogP contribution in [0.4, 0.5) is 4.39 Å². The molecule has 1 saturated heterocycles. The first-order valence-electron chi connectivity index (χ1n) is 6.54. The molecule has 1 aliphatic heterocycles. The Kier molecular flexibility index (Phi) is 4.74. The summed E-state index contributed by atoms with van der Waals surface area (Å²) in [6.45, 7) is 1.38. The van der Waals surface area contributed by atoms with Crippen LogP contribution in [0.1, 0.15) is 5.56 Å². The molecule has 0 aliphatic carbocycles. The van der Waals surface area contributed by atoms with Crippen molar-refractivity contribution in [2.75, 3.05) is 32.4 Å².